The number of ether oxygens (including phenoxy) is 1. The summed E-state index contributed by atoms with van der Waals surface area (Å²) in [5.74, 6) is -0.896. The molecule has 8 nitrogen and oxygen atoms in total. The molecule has 2 saturated heterocycles. The molecule has 3 heterocycles. The quantitative estimate of drug-likeness (QED) is 0.687. The predicted octanol–water partition coefficient (Wildman–Crippen LogP) is 1.54. The first-order chi connectivity index (χ1) is 14.2. The van der Waals surface area contributed by atoms with Crippen molar-refractivity contribution in [3.63, 3.8) is 0 Å². The van der Waals surface area contributed by atoms with Gasteiger partial charge in [-0.2, -0.15) is 0 Å². The van der Waals surface area contributed by atoms with Crippen LogP contribution in [0.5, 0.6) is 0 Å². The van der Waals surface area contributed by atoms with Crippen LogP contribution in [0.1, 0.15) is 64.7 Å². The zero-order chi connectivity index (χ0) is 21.6. The molecule has 0 saturated carbocycles. The molecule has 30 heavy (non-hydrogen) atoms. The highest BCUT2D eigenvalue weighted by molar-refractivity contribution is 6.22. The van der Waals surface area contributed by atoms with Gasteiger partial charge in [0.1, 0.15) is 6.10 Å². The predicted molar refractivity (Wildman–Crippen MR) is 108 cm³/mol. The molecule has 0 N–H and O–H groups in total. The molecule has 0 radical (unpaired) electrons. The van der Waals surface area contributed by atoms with E-state index in [-0.39, 0.29) is 35.3 Å². The van der Waals surface area contributed by atoms with E-state index in [1.165, 1.54) is 11.0 Å². The van der Waals surface area contributed by atoms with E-state index in [1.807, 2.05) is 0 Å². The molecule has 2 fully saturated rings. The van der Waals surface area contributed by atoms with Crippen molar-refractivity contribution in [2.75, 3.05) is 32.8 Å². The molecule has 3 aliphatic rings. The molecule has 8 heteroatoms. The van der Waals surface area contributed by atoms with Crippen LogP contribution in [0, 0.1) is 0 Å². The average Bonchev–Trinajstić information content (AvgIpc) is 3.34. The average molecular weight is 413 g/mol. The number of carbonyl (C=O) groups is 4. The van der Waals surface area contributed by atoms with E-state index in [1.54, 1.807) is 42.7 Å². The van der Waals surface area contributed by atoms with E-state index in [0.29, 0.717) is 43.9 Å². The zero-order valence-electron chi connectivity index (χ0n) is 17.6. The smallest absolute Gasteiger partial charge is 0.262 e. The molecular weight excluding hydrogens is 386 g/mol. The van der Waals surface area contributed by atoms with Crippen molar-refractivity contribution < 1.29 is 23.9 Å². The molecular formula is C22H27N3O5. The van der Waals surface area contributed by atoms with Gasteiger partial charge in [0.15, 0.2) is 0 Å². The Morgan fingerprint density at radius 2 is 1.60 bits per heavy atom. The van der Waals surface area contributed by atoms with Gasteiger partial charge in [0.05, 0.1) is 11.1 Å². The molecule has 0 bridgehead atoms. The van der Waals surface area contributed by atoms with E-state index in [4.69, 9.17) is 4.74 Å². The fraction of sp³-hybridized carbons (Fsp3) is 0.545. The number of imide groups is 1. The lowest BCUT2D eigenvalue weighted by Gasteiger charge is -2.35. The summed E-state index contributed by atoms with van der Waals surface area (Å²) in [6, 6.07) is 4.68. The Bertz CT molecular complexity index is 906. The molecule has 160 valence electrons. The SMILES string of the molecule is CC(C)(C)N1C(=O)c2ccc(C(=O)N3CCN(C(=O)C4CCCO4)CC3)cc2C1=O. The number of amides is 4. The molecule has 0 spiro atoms. The van der Waals surface area contributed by atoms with Gasteiger partial charge < -0.3 is 14.5 Å². The molecule has 0 aromatic heterocycles. The standard InChI is InChI=1S/C22H27N3O5/c1-22(2,3)25-19(27)15-7-6-14(13-16(15)20(25)28)18(26)23-8-10-24(11-9-23)21(29)17-5-4-12-30-17/h6-7,13,17H,4-5,8-12H2,1-3H3. The first kappa shape index (κ1) is 20.5. The Balaban J connectivity index is 1.45. The highest BCUT2D eigenvalue weighted by Gasteiger charge is 2.42. The van der Waals surface area contributed by atoms with Gasteiger partial charge in [-0.1, -0.05) is 0 Å². The van der Waals surface area contributed by atoms with Crippen molar-refractivity contribution in [3.8, 4) is 0 Å². The monoisotopic (exact) mass is 413 g/mol. The van der Waals surface area contributed by atoms with Gasteiger partial charge in [0, 0.05) is 43.9 Å². The lowest BCUT2D eigenvalue weighted by Crippen LogP contribution is -2.52. The third-order valence-corrected chi connectivity index (χ3v) is 5.89. The fourth-order valence-corrected chi connectivity index (χ4v) is 4.27. The highest BCUT2D eigenvalue weighted by atomic mass is 16.5. The van der Waals surface area contributed by atoms with Gasteiger partial charge in [0.25, 0.3) is 23.6 Å². The van der Waals surface area contributed by atoms with Crippen molar-refractivity contribution in [1.29, 1.82) is 0 Å². The van der Waals surface area contributed by atoms with Gasteiger partial charge in [-0.05, 0) is 51.8 Å². The number of fused-ring (bicyclic) bond motifs is 1. The minimum absolute atomic E-state index is 0.00325. The number of benzene rings is 1. The van der Waals surface area contributed by atoms with Crippen molar-refractivity contribution >= 4 is 23.6 Å². The van der Waals surface area contributed by atoms with E-state index >= 15 is 0 Å². The van der Waals surface area contributed by atoms with Crippen LogP contribution in [0.25, 0.3) is 0 Å². The van der Waals surface area contributed by atoms with E-state index in [0.717, 1.165) is 12.8 Å². The van der Waals surface area contributed by atoms with Crippen molar-refractivity contribution in [2.24, 2.45) is 0 Å². The summed E-state index contributed by atoms with van der Waals surface area (Å²) in [7, 11) is 0. The summed E-state index contributed by atoms with van der Waals surface area (Å²) in [4.78, 5) is 55.5. The molecule has 4 amide bonds. The Labute approximate surface area is 175 Å². The third kappa shape index (κ3) is 3.49. The maximum atomic E-state index is 13.0. The molecule has 3 aliphatic heterocycles. The molecule has 4 rings (SSSR count). The number of rotatable bonds is 2. The number of piperazine rings is 1. The molecule has 1 unspecified atom stereocenters. The van der Waals surface area contributed by atoms with E-state index in [9.17, 15) is 19.2 Å². The summed E-state index contributed by atoms with van der Waals surface area (Å²) in [5.41, 5.74) is 0.347. The summed E-state index contributed by atoms with van der Waals surface area (Å²) in [6.45, 7) is 7.81. The number of carbonyl (C=O) groups excluding carboxylic acids is 4. The van der Waals surface area contributed by atoms with Crippen molar-refractivity contribution in [1.82, 2.24) is 14.7 Å². The summed E-state index contributed by atoms with van der Waals surface area (Å²) in [6.07, 6.45) is 1.31. The van der Waals surface area contributed by atoms with Crippen LogP contribution in [-0.2, 0) is 9.53 Å². The van der Waals surface area contributed by atoms with Gasteiger partial charge in [-0.25, -0.2) is 0 Å². The van der Waals surface area contributed by atoms with Gasteiger partial charge in [-0.15, -0.1) is 0 Å². The Morgan fingerprint density at radius 1 is 0.967 bits per heavy atom. The summed E-state index contributed by atoms with van der Waals surface area (Å²) in [5, 5.41) is 0. The van der Waals surface area contributed by atoms with Crippen LogP contribution in [0.2, 0.25) is 0 Å². The lowest BCUT2D eigenvalue weighted by atomic mass is 10.0. The molecule has 1 aromatic rings. The van der Waals surface area contributed by atoms with E-state index < -0.39 is 5.54 Å². The van der Waals surface area contributed by atoms with Gasteiger partial charge in [-0.3, -0.25) is 24.1 Å². The highest BCUT2D eigenvalue weighted by Crippen LogP contribution is 2.30. The maximum Gasteiger partial charge on any atom is 0.262 e. The fourth-order valence-electron chi connectivity index (χ4n) is 4.27. The first-order valence-electron chi connectivity index (χ1n) is 10.4. The second kappa shape index (κ2) is 7.50. The second-order valence-electron chi connectivity index (χ2n) is 9.00. The van der Waals surface area contributed by atoms with Crippen LogP contribution in [0.4, 0.5) is 0 Å². The Kier molecular flexibility index (Phi) is 5.13. The number of hydrogen-bond donors (Lipinski definition) is 0. The van der Waals surface area contributed by atoms with Crippen LogP contribution in [0.15, 0.2) is 18.2 Å². The maximum absolute atomic E-state index is 13.0. The number of nitrogens with zero attached hydrogens (tertiary/aromatic N) is 3. The largest absolute Gasteiger partial charge is 0.368 e. The van der Waals surface area contributed by atoms with Crippen LogP contribution in [0.3, 0.4) is 0 Å². The lowest BCUT2D eigenvalue weighted by molar-refractivity contribution is -0.142. The number of hydrogen-bond acceptors (Lipinski definition) is 5. The molecule has 0 aliphatic carbocycles. The Hall–Kier alpha value is -2.74. The van der Waals surface area contributed by atoms with Crippen LogP contribution >= 0.6 is 0 Å². The normalized spacial score (nSPS) is 22.0. The van der Waals surface area contributed by atoms with E-state index in [2.05, 4.69) is 0 Å². The minimum atomic E-state index is -0.636. The Morgan fingerprint density at radius 3 is 2.20 bits per heavy atom. The second-order valence-corrected chi connectivity index (χ2v) is 9.00. The minimum Gasteiger partial charge on any atom is -0.368 e. The van der Waals surface area contributed by atoms with Crippen LogP contribution < -0.4 is 0 Å². The molecule has 1 atom stereocenters. The zero-order valence-corrected chi connectivity index (χ0v) is 17.6. The van der Waals surface area contributed by atoms with Gasteiger partial charge >= 0.3 is 0 Å². The third-order valence-electron chi connectivity index (χ3n) is 5.89. The van der Waals surface area contributed by atoms with Crippen molar-refractivity contribution in [3.05, 3.63) is 34.9 Å². The topological polar surface area (TPSA) is 87.2 Å². The van der Waals surface area contributed by atoms with Crippen molar-refractivity contribution in [2.45, 2.75) is 45.3 Å². The van der Waals surface area contributed by atoms with Crippen LogP contribution in [-0.4, -0.2) is 82.8 Å². The molecule has 1 aromatic carbocycles. The van der Waals surface area contributed by atoms with Gasteiger partial charge in [0.2, 0.25) is 0 Å². The first-order valence-corrected chi connectivity index (χ1v) is 10.4. The summed E-state index contributed by atoms with van der Waals surface area (Å²) >= 11 is 0. The summed E-state index contributed by atoms with van der Waals surface area (Å²) < 4.78 is 5.47.